The van der Waals surface area contributed by atoms with Crippen LogP contribution in [0.25, 0.3) is 11.3 Å². The lowest BCUT2D eigenvalue weighted by atomic mass is 10.0. The maximum Gasteiger partial charge on any atom is 0.159 e. The van der Waals surface area contributed by atoms with Gasteiger partial charge in [0.15, 0.2) is 5.15 Å². The van der Waals surface area contributed by atoms with E-state index in [1.165, 1.54) is 0 Å². The molecule has 5 heteroatoms. The van der Waals surface area contributed by atoms with Crippen molar-refractivity contribution in [1.29, 1.82) is 0 Å². The Hall–Kier alpha value is -1.68. The molecule has 0 atom stereocenters. The fraction of sp³-hybridized carbons (Fsp3) is 0.308. The zero-order valence-electron chi connectivity index (χ0n) is 10.8. The molecule has 1 aromatic heterocycles. The molecule has 0 bridgehead atoms. The van der Waals surface area contributed by atoms with Crippen LogP contribution in [0.5, 0.6) is 5.75 Å². The molecule has 4 nitrogen and oxygen atoms in total. The van der Waals surface area contributed by atoms with Gasteiger partial charge in [-0.2, -0.15) is 0 Å². The van der Waals surface area contributed by atoms with Gasteiger partial charge >= 0.3 is 0 Å². The van der Waals surface area contributed by atoms with Crippen LogP contribution < -0.4 is 4.74 Å². The van der Waals surface area contributed by atoms with Crippen molar-refractivity contribution in [2.75, 3.05) is 7.11 Å². The van der Waals surface area contributed by atoms with Crippen LogP contribution in [0.15, 0.2) is 12.1 Å². The Bertz CT molecular complexity index is 599. The molecular formula is C13H14ClN3O. The minimum atomic E-state index is 0.371. The van der Waals surface area contributed by atoms with E-state index in [9.17, 15) is 0 Å². The number of ether oxygens (including phenoxy) is 1. The van der Waals surface area contributed by atoms with Crippen molar-refractivity contribution in [2.24, 2.45) is 0 Å². The summed E-state index contributed by atoms with van der Waals surface area (Å²) in [6.45, 7) is 5.76. The summed E-state index contributed by atoms with van der Waals surface area (Å²) >= 11 is 6.12. The molecule has 0 aliphatic carbocycles. The van der Waals surface area contributed by atoms with Gasteiger partial charge in [-0.15, -0.1) is 10.2 Å². The zero-order valence-corrected chi connectivity index (χ0v) is 11.5. The van der Waals surface area contributed by atoms with Gasteiger partial charge in [-0.25, -0.2) is 4.98 Å². The number of benzene rings is 1. The highest BCUT2D eigenvalue weighted by Gasteiger charge is 2.13. The Labute approximate surface area is 111 Å². The molecule has 0 amide bonds. The lowest BCUT2D eigenvalue weighted by molar-refractivity contribution is 0.411. The van der Waals surface area contributed by atoms with E-state index in [0.717, 1.165) is 22.4 Å². The summed E-state index contributed by atoms with van der Waals surface area (Å²) in [6.07, 6.45) is 0. The van der Waals surface area contributed by atoms with Gasteiger partial charge in [-0.3, -0.25) is 0 Å². The Morgan fingerprint density at radius 1 is 1.06 bits per heavy atom. The molecule has 94 valence electrons. The molecular weight excluding hydrogens is 250 g/mol. The van der Waals surface area contributed by atoms with Crippen LogP contribution in [0.1, 0.15) is 17.0 Å². The van der Waals surface area contributed by atoms with Crippen molar-refractivity contribution in [2.45, 2.75) is 20.8 Å². The molecule has 0 spiro atoms. The number of nitrogens with zero attached hydrogens (tertiary/aromatic N) is 3. The second-order valence-corrected chi connectivity index (χ2v) is 4.42. The van der Waals surface area contributed by atoms with Crippen molar-refractivity contribution in [3.63, 3.8) is 0 Å². The minimum absolute atomic E-state index is 0.371. The monoisotopic (exact) mass is 263 g/mol. The predicted octanol–water partition coefficient (Wildman–Crippen LogP) is 3.13. The Balaban J connectivity index is 2.61. The highest BCUT2D eigenvalue weighted by Crippen LogP contribution is 2.32. The third-order valence-electron chi connectivity index (χ3n) is 2.96. The normalized spacial score (nSPS) is 10.5. The predicted molar refractivity (Wildman–Crippen MR) is 71.0 cm³/mol. The third-order valence-corrected chi connectivity index (χ3v) is 3.23. The van der Waals surface area contributed by atoms with Crippen LogP contribution in [-0.2, 0) is 0 Å². The Morgan fingerprint density at radius 2 is 1.78 bits per heavy atom. The molecule has 0 aliphatic heterocycles. The first-order valence-electron chi connectivity index (χ1n) is 5.56. The zero-order chi connectivity index (χ0) is 13.3. The maximum absolute atomic E-state index is 6.12. The van der Waals surface area contributed by atoms with E-state index in [-0.39, 0.29) is 0 Å². The van der Waals surface area contributed by atoms with Gasteiger partial charge in [-0.1, -0.05) is 11.6 Å². The highest BCUT2D eigenvalue weighted by molar-refractivity contribution is 6.31. The van der Waals surface area contributed by atoms with Crippen molar-refractivity contribution >= 4 is 11.6 Å². The van der Waals surface area contributed by atoms with Crippen LogP contribution in [-0.4, -0.2) is 22.3 Å². The van der Waals surface area contributed by atoms with E-state index in [4.69, 9.17) is 16.3 Å². The van der Waals surface area contributed by atoms with Crippen LogP contribution in [0.3, 0.4) is 0 Å². The summed E-state index contributed by atoms with van der Waals surface area (Å²) in [5, 5.41) is 8.44. The SMILES string of the molecule is COc1ccc(-c2nnc(C)nc2Cl)c(C)c1C. The quantitative estimate of drug-likeness (QED) is 0.835. The summed E-state index contributed by atoms with van der Waals surface area (Å²) in [5.41, 5.74) is 3.66. The van der Waals surface area contributed by atoms with Crippen molar-refractivity contribution in [3.8, 4) is 17.0 Å². The van der Waals surface area contributed by atoms with Gasteiger partial charge in [0.1, 0.15) is 17.3 Å². The molecule has 0 fully saturated rings. The number of halogens is 1. The molecule has 0 saturated carbocycles. The first-order valence-corrected chi connectivity index (χ1v) is 5.93. The molecule has 2 aromatic rings. The summed E-state index contributed by atoms with van der Waals surface area (Å²) in [6, 6.07) is 3.82. The maximum atomic E-state index is 6.12. The average molecular weight is 264 g/mol. The van der Waals surface area contributed by atoms with Crippen LogP contribution in [0, 0.1) is 20.8 Å². The second kappa shape index (κ2) is 4.90. The standard InChI is InChI=1S/C13H14ClN3O/c1-7-8(2)11(18-4)6-5-10(7)12-13(14)15-9(3)16-17-12/h5-6H,1-4H3. The van der Waals surface area contributed by atoms with E-state index in [1.807, 2.05) is 26.0 Å². The van der Waals surface area contributed by atoms with Gasteiger partial charge in [0.25, 0.3) is 0 Å². The smallest absolute Gasteiger partial charge is 0.159 e. The summed E-state index contributed by atoms with van der Waals surface area (Å²) in [5.74, 6) is 1.41. The van der Waals surface area contributed by atoms with E-state index in [0.29, 0.717) is 16.7 Å². The van der Waals surface area contributed by atoms with Crippen molar-refractivity contribution < 1.29 is 4.74 Å². The number of hydrogen-bond donors (Lipinski definition) is 0. The lowest BCUT2D eigenvalue weighted by Crippen LogP contribution is -1.99. The highest BCUT2D eigenvalue weighted by atomic mass is 35.5. The molecule has 18 heavy (non-hydrogen) atoms. The van der Waals surface area contributed by atoms with Gasteiger partial charge in [0.05, 0.1) is 7.11 Å². The molecule has 1 aromatic carbocycles. The van der Waals surface area contributed by atoms with Gasteiger partial charge < -0.3 is 4.74 Å². The first-order chi connectivity index (χ1) is 8.54. The lowest BCUT2D eigenvalue weighted by Gasteiger charge is -2.12. The number of aryl methyl sites for hydroxylation is 1. The number of rotatable bonds is 2. The summed E-state index contributed by atoms with van der Waals surface area (Å²) in [4.78, 5) is 4.12. The van der Waals surface area contributed by atoms with Crippen LogP contribution in [0.4, 0.5) is 0 Å². The Kier molecular flexibility index (Phi) is 3.48. The molecule has 1 heterocycles. The van der Waals surface area contributed by atoms with Crippen molar-refractivity contribution in [3.05, 3.63) is 34.2 Å². The van der Waals surface area contributed by atoms with E-state index < -0.39 is 0 Å². The Morgan fingerprint density at radius 3 is 2.39 bits per heavy atom. The fourth-order valence-electron chi connectivity index (χ4n) is 1.82. The van der Waals surface area contributed by atoms with Gasteiger partial charge in [0.2, 0.25) is 0 Å². The van der Waals surface area contributed by atoms with Crippen LogP contribution >= 0.6 is 11.6 Å². The van der Waals surface area contributed by atoms with E-state index in [1.54, 1.807) is 14.0 Å². The second-order valence-electron chi connectivity index (χ2n) is 4.06. The molecule has 0 unspecified atom stereocenters. The topological polar surface area (TPSA) is 47.9 Å². The molecule has 0 radical (unpaired) electrons. The molecule has 0 N–H and O–H groups in total. The minimum Gasteiger partial charge on any atom is -0.496 e. The molecule has 2 rings (SSSR count). The van der Waals surface area contributed by atoms with Gasteiger partial charge in [0, 0.05) is 5.56 Å². The number of aromatic nitrogens is 3. The molecule has 0 saturated heterocycles. The van der Waals surface area contributed by atoms with E-state index >= 15 is 0 Å². The summed E-state index contributed by atoms with van der Waals surface area (Å²) in [7, 11) is 1.65. The fourth-order valence-corrected chi connectivity index (χ4v) is 2.08. The average Bonchev–Trinajstić information content (AvgIpc) is 2.34. The van der Waals surface area contributed by atoms with Crippen LogP contribution in [0.2, 0.25) is 5.15 Å². The summed E-state index contributed by atoms with van der Waals surface area (Å²) < 4.78 is 5.28. The van der Waals surface area contributed by atoms with Crippen molar-refractivity contribution in [1.82, 2.24) is 15.2 Å². The van der Waals surface area contributed by atoms with E-state index in [2.05, 4.69) is 15.2 Å². The largest absolute Gasteiger partial charge is 0.496 e. The first kappa shape index (κ1) is 12.8. The molecule has 0 aliphatic rings. The third kappa shape index (κ3) is 2.16. The number of hydrogen-bond acceptors (Lipinski definition) is 4. The van der Waals surface area contributed by atoms with Gasteiger partial charge in [-0.05, 0) is 44.0 Å². The number of methoxy groups -OCH3 is 1.